The fraction of sp³-hybridized carbons (Fsp3) is 0.533. The largest absolute Gasteiger partial charge is 0.399 e. The highest BCUT2D eigenvalue weighted by molar-refractivity contribution is 5.89. The first-order valence-electron chi connectivity index (χ1n) is 6.95. The van der Waals surface area contributed by atoms with Crippen molar-refractivity contribution in [1.82, 2.24) is 4.90 Å². The van der Waals surface area contributed by atoms with E-state index in [9.17, 15) is 4.79 Å². The van der Waals surface area contributed by atoms with Crippen LogP contribution >= 0.6 is 0 Å². The molecular weight excluding hydrogens is 238 g/mol. The van der Waals surface area contributed by atoms with Crippen LogP contribution in [0.25, 0.3) is 0 Å². The highest BCUT2D eigenvalue weighted by atomic mass is 16.2. The number of nitrogens with zero attached hydrogens (tertiary/aromatic N) is 1. The minimum absolute atomic E-state index is 0.0508. The van der Waals surface area contributed by atoms with Crippen molar-refractivity contribution >= 4 is 17.4 Å². The second kappa shape index (κ2) is 5.95. The molecule has 1 aliphatic rings. The number of nitrogens with one attached hydrogen (secondary N) is 1. The first-order valence-corrected chi connectivity index (χ1v) is 6.95. The topological polar surface area (TPSA) is 58.4 Å². The van der Waals surface area contributed by atoms with E-state index in [0.717, 1.165) is 24.4 Å². The maximum Gasteiger partial charge on any atom is 0.321 e. The van der Waals surface area contributed by atoms with Gasteiger partial charge in [0, 0.05) is 24.5 Å². The minimum Gasteiger partial charge on any atom is -0.399 e. The minimum atomic E-state index is -0.0508. The van der Waals surface area contributed by atoms with Crippen molar-refractivity contribution in [2.24, 2.45) is 5.92 Å². The highest BCUT2D eigenvalue weighted by Gasteiger charge is 2.24. The number of carbonyl (C=O) groups excluding carboxylic acids is 1. The van der Waals surface area contributed by atoms with E-state index >= 15 is 0 Å². The second-order valence-corrected chi connectivity index (χ2v) is 5.58. The number of hydrogen-bond acceptors (Lipinski definition) is 2. The molecule has 0 radical (unpaired) electrons. The molecule has 1 aliphatic carbocycles. The Bertz CT molecular complexity index is 439. The third kappa shape index (κ3) is 3.63. The number of hydrogen-bond donors (Lipinski definition) is 2. The van der Waals surface area contributed by atoms with Crippen molar-refractivity contribution in [1.29, 1.82) is 0 Å². The van der Waals surface area contributed by atoms with Gasteiger partial charge in [-0.25, -0.2) is 4.79 Å². The Balaban J connectivity index is 1.92. The van der Waals surface area contributed by atoms with Crippen molar-refractivity contribution in [2.75, 3.05) is 18.1 Å². The normalized spacial score (nSPS) is 22.8. The number of urea groups is 1. The molecule has 0 saturated heterocycles. The summed E-state index contributed by atoms with van der Waals surface area (Å²) in [6.07, 6.45) is 4.62. The number of benzene rings is 1. The molecule has 0 spiro atoms. The molecule has 3 N–H and O–H groups in total. The zero-order valence-corrected chi connectivity index (χ0v) is 11.7. The summed E-state index contributed by atoms with van der Waals surface area (Å²) in [5.74, 6) is 0.793. The molecular formula is C15H23N3O. The van der Waals surface area contributed by atoms with Crippen molar-refractivity contribution in [3.63, 3.8) is 0 Å². The molecule has 1 saturated carbocycles. The Kier molecular flexibility index (Phi) is 4.30. The zero-order valence-electron chi connectivity index (χ0n) is 11.7. The average Bonchev–Trinajstić information content (AvgIpc) is 2.39. The lowest BCUT2D eigenvalue weighted by atomic mass is 9.87. The summed E-state index contributed by atoms with van der Waals surface area (Å²) in [7, 11) is 1.88. The fourth-order valence-corrected chi connectivity index (χ4v) is 2.62. The molecule has 4 nitrogen and oxygen atoms in total. The van der Waals surface area contributed by atoms with E-state index in [0.29, 0.717) is 11.7 Å². The molecule has 2 amide bonds. The quantitative estimate of drug-likeness (QED) is 0.802. The lowest BCUT2D eigenvalue weighted by Crippen LogP contribution is -2.41. The third-order valence-corrected chi connectivity index (χ3v) is 3.99. The maximum atomic E-state index is 12.2. The van der Waals surface area contributed by atoms with Crippen molar-refractivity contribution in [3.8, 4) is 0 Å². The van der Waals surface area contributed by atoms with Gasteiger partial charge in [-0.1, -0.05) is 13.0 Å². The fourth-order valence-electron chi connectivity index (χ4n) is 2.62. The molecule has 1 fully saturated rings. The number of rotatable bonds is 2. The predicted octanol–water partition coefficient (Wildman–Crippen LogP) is 3.31. The van der Waals surface area contributed by atoms with E-state index in [4.69, 9.17) is 5.73 Å². The van der Waals surface area contributed by atoms with Crippen molar-refractivity contribution in [2.45, 2.75) is 38.6 Å². The van der Waals surface area contributed by atoms with Gasteiger partial charge in [-0.05, 0) is 49.8 Å². The van der Waals surface area contributed by atoms with Gasteiger partial charge in [0.05, 0.1) is 0 Å². The van der Waals surface area contributed by atoms with Gasteiger partial charge in [-0.2, -0.15) is 0 Å². The van der Waals surface area contributed by atoms with Crippen LogP contribution in [0.4, 0.5) is 16.2 Å². The SMILES string of the molecule is CC1CCC(N(C)C(=O)Nc2cccc(N)c2)CC1. The average molecular weight is 261 g/mol. The Morgan fingerprint density at radius 2 is 2.00 bits per heavy atom. The molecule has 0 aliphatic heterocycles. The standard InChI is InChI=1S/C15H23N3O/c1-11-6-8-14(9-7-11)18(2)15(19)17-13-5-3-4-12(16)10-13/h3-5,10-11,14H,6-9,16H2,1-2H3,(H,17,19). The Morgan fingerprint density at radius 1 is 1.32 bits per heavy atom. The van der Waals surface area contributed by atoms with Gasteiger partial charge in [0.15, 0.2) is 0 Å². The molecule has 0 heterocycles. The molecule has 4 heteroatoms. The summed E-state index contributed by atoms with van der Waals surface area (Å²) in [4.78, 5) is 14.0. The molecule has 0 bridgehead atoms. The van der Waals surface area contributed by atoms with E-state index < -0.39 is 0 Å². The number of nitrogen functional groups attached to an aromatic ring is 1. The Hall–Kier alpha value is -1.71. The monoisotopic (exact) mass is 261 g/mol. The van der Waals surface area contributed by atoms with Crippen LogP contribution in [0.15, 0.2) is 24.3 Å². The van der Waals surface area contributed by atoms with Crippen LogP contribution in [0.2, 0.25) is 0 Å². The summed E-state index contributed by atoms with van der Waals surface area (Å²) < 4.78 is 0. The number of anilines is 2. The van der Waals surface area contributed by atoms with Gasteiger partial charge < -0.3 is 16.0 Å². The van der Waals surface area contributed by atoms with E-state index in [2.05, 4.69) is 12.2 Å². The molecule has 1 aromatic carbocycles. The maximum absolute atomic E-state index is 12.2. The van der Waals surface area contributed by atoms with Gasteiger partial charge in [-0.15, -0.1) is 0 Å². The Labute approximate surface area is 115 Å². The van der Waals surface area contributed by atoms with Crippen LogP contribution in [-0.4, -0.2) is 24.0 Å². The molecule has 0 aromatic heterocycles. The zero-order chi connectivity index (χ0) is 13.8. The van der Waals surface area contributed by atoms with Gasteiger partial charge in [0.25, 0.3) is 0 Å². The van der Waals surface area contributed by atoms with Crippen LogP contribution < -0.4 is 11.1 Å². The van der Waals surface area contributed by atoms with E-state index in [1.165, 1.54) is 12.8 Å². The van der Waals surface area contributed by atoms with Gasteiger partial charge in [-0.3, -0.25) is 0 Å². The van der Waals surface area contributed by atoms with E-state index in [1.54, 1.807) is 6.07 Å². The summed E-state index contributed by atoms with van der Waals surface area (Å²) >= 11 is 0. The number of nitrogens with two attached hydrogens (primary N) is 1. The summed E-state index contributed by atoms with van der Waals surface area (Å²) in [5, 5.41) is 2.90. The lowest BCUT2D eigenvalue weighted by Gasteiger charge is -2.33. The van der Waals surface area contributed by atoms with Crippen LogP contribution in [0.5, 0.6) is 0 Å². The molecule has 0 unspecified atom stereocenters. The van der Waals surface area contributed by atoms with Gasteiger partial charge in [0.2, 0.25) is 0 Å². The first kappa shape index (κ1) is 13.7. The van der Waals surface area contributed by atoms with Crippen LogP contribution in [0.1, 0.15) is 32.6 Å². The smallest absolute Gasteiger partial charge is 0.321 e. The van der Waals surface area contributed by atoms with E-state index in [1.807, 2.05) is 30.1 Å². The Morgan fingerprint density at radius 3 is 2.63 bits per heavy atom. The van der Waals surface area contributed by atoms with Crippen LogP contribution in [0.3, 0.4) is 0 Å². The van der Waals surface area contributed by atoms with Gasteiger partial charge in [0.1, 0.15) is 0 Å². The molecule has 2 rings (SSSR count). The molecule has 0 atom stereocenters. The summed E-state index contributed by atoms with van der Waals surface area (Å²) in [6, 6.07) is 7.58. The van der Waals surface area contributed by atoms with Crippen LogP contribution in [-0.2, 0) is 0 Å². The number of amides is 2. The number of carbonyl (C=O) groups is 1. The molecule has 19 heavy (non-hydrogen) atoms. The third-order valence-electron chi connectivity index (χ3n) is 3.99. The van der Waals surface area contributed by atoms with Gasteiger partial charge >= 0.3 is 6.03 Å². The lowest BCUT2D eigenvalue weighted by molar-refractivity contribution is 0.175. The van der Waals surface area contributed by atoms with E-state index in [-0.39, 0.29) is 6.03 Å². The van der Waals surface area contributed by atoms with Crippen molar-refractivity contribution < 1.29 is 4.79 Å². The molecule has 104 valence electrons. The first-order chi connectivity index (χ1) is 9.06. The summed E-state index contributed by atoms with van der Waals surface area (Å²) in [5.41, 5.74) is 7.11. The van der Waals surface area contributed by atoms with Crippen molar-refractivity contribution in [3.05, 3.63) is 24.3 Å². The second-order valence-electron chi connectivity index (χ2n) is 5.58. The highest BCUT2D eigenvalue weighted by Crippen LogP contribution is 2.26. The summed E-state index contributed by atoms with van der Waals surface area (Å²) in [6.45, 7) is 2.28. The molecule has 1 aromatic rings. The predicted molar refractivity (Wildman–Crippen MR) is 79.1 cm³/mol. The van der Waals surface area contributed by atoms with Crippen LogP contribution in [0, 0.1) is 5.92 Å².